The summed E-state index contributed by atoms with van der Waals surface area (Å²) in [6.07, 6.45) is 2.42. The van der Waals surface area contributed by atoms with Crippen molar-refractivity contribution in [1.29, 1.82) is 0 Å². The highest BCUT2D eigenvalue weighted by Gasteiger charge is 2.17. The van der Waals surface area contributed by atoms with Gasteiger partial charge in [0.05, 0.1) is 6.20 Å². The van der Waals surface area contributed by atoms with E-state index >= 15 is 0 Å². The maximum absolute atomic E-state index is 12.7. The van der Waals surface area contributed by atoms with Crippen LogP contribution in [0.3, 0.4) is 0 Å². The summed E-state index contributed by atoms with van der Waals surface area (Å²) >= 11 is 3.15. The summed E-state index contributed by atoms with van der Waals surface area (Å²) in [5, 5.41) is -0.464. The molecule has 0 aliphatic carbocycles. The number of aromatic nitrogens is 2. The normalized spacial score (nSPS) is 12.1. The van der Waals surface area contributed by atoms with Crippen molar-refractivity contribution in [2.24, 2.45) is 0 Å². The molecular formula is C7H4BrFN2O2S. The minimum Gasteiger partial charge on any atom is -0.287 e. The molecule has 0 saturated carbocycles. The Morgan fingerprint density at radius 1 is 1.43 bits per heavy atom. The molecule has 0 fully saturated rings. The summed E-state index contributed by atoms with van der Waals surface area (Å²) in [5.74, 6) is 0. The van der Waals surface area contributed by atoms with Crippen molar-refractivity contribution in [2.75, 3.05) is 0 Å². The second-order valence-electron chi connectivity index (χ2n) is 2.61. The van der Waals surface area contributed by atoms with Gasteiger partial charge in [0.15, 0.2) is 5.03 Å². The smallest absolute Gasteiger partial charge is 0.287 e. The van der Waals surface area contributed by atoms with E-state index in [4.69, 9.17) is 0 Å². The number of nitrogens with zero attached hydrogens (tertiary/aromatic N) is 2. The van der Waals surface area contributed by atoms with Gasteiger partial charge in [-0.15, -0.1) is 0 Å². The first kappa shape index (κ1) is 9.60. The molecule has 7 heteroatoms. The number of hydrogen-bond donors (Lipinski definition) is 0. The third-order valence-corrected chi connectivity index (χ3v) is 2.96. The van der Waals surface area contributed by atoms with E-state index in [0.29, 0.717) is 10.1 Å². The zero-order chi connectivity index (χ0) is 10.3. The quantitative estimate of drug-likeness (QED) is 0.747. The lowest BCUT2D eigenvalue weighted by molar-refractivity contribution is 0.546. The Labute approximate surface area is 87.7 Å². The van der Waals surface area contributed by atoms with E-state index in [9.17, 15) is 12.3 Å². The molecule has 0 aliphatic rings. The van der Waals surface area contributed by atoms with Gasteiger partial charge in [-0.1, -0.05) is 3.89 Å². The molecule has 0 aromatic carbocycles. The predicted octanol–water partition coefficient (Wildman–Crippen LogP) is 1.75. The van der Waals surface area contributed by atoms with Gasteiger partial charge < -0.3 is 0 Å². The summed E-state index contributed by atoms with van der Waals surface area (Å²) < 4.78 is 35.9. The molecule has 2 heterocycles. The van der Waals surface area contributed by atoms with Gasteiger partial charge >= 0.3 is 10.2 Å². The summed E-state index contributed by atoms with van der Waals surface area (Å²) in [6.45, 7) is 0. The summed E-state index contributed by atoms with van der Waals surface area (Å²) in [4.78, 5) is 3.75. The molecule has 0 atom stereocenters. The number of rotatable bonds is 1. The second kappa shape index (κ2) is 3.03. The van der Waals surface area contributed by atoms with Crippen molar-refractivity contribution < 1.29 is 12.3 Å². The van der Waals surface area contributed by atoms with Crippen molar-refractivity contribution in [1.82, 2.24) is 9.38 Å². The lowest BCUT2D eigenvalue weighted by Crippen LogP contribution is -1.97. The summed E-state index contributed by atoms with van der Waals surface area (Å²) in [7, 11) is -4.72. The van der Waals surface area contributed by atoms with E-state index in [1.54, 1.807) is 12.1 Å². The number of hydrogen-bond acceptors (Lipinski definition) is 3. The van der Waals surface area contributed by atoms with Crippen LogP contribution in [-0.4, -0.2) is 17.8 Å². The van der Waals surface area contributed by atoms with Gasteiger partial charge in [0.1, 0.15) is 5.65 Å². The number of fused-ring (bicyclic) bond motifs is 1. The number of pyridine rings is 1. The van der Waals surface area contributed by atoms with Gasteiger partial charge in [0.25, 0.3) is 0 Å². The average Bonchev–Trinajstić information content (AvgIpc) is 2.45. The largest absolute Gasteiger partial charge is 0.349 e. The Morgan fingerprint density at radius 3 is 2.79 bits per heavy atom. The molecule has 0 amide bonds. The van der Waals surface area contributed by atoms with Crippen LogP contribution in [-0.2, 0) is 10.2 Å². The second-order valence-corrected chi connectivity index (χ2v) is 4.82. The molecule has 14 heavy (non-hydrogen) atoms. The van der Waals surface area contributed by atoms with E-state index in [2.05, 4.69) is 20.9 Å². The lowest BCUT2D eigenvalue weighted by atomic mass is 10.5. The molecule has 0 N–H and O–H groups in total. The molecule has 74 valence electrons. The zero-order valence-corrected chi connectivity index (χ0v) is 9.09. The fourth-order valence-corrected chi connectivity index (χ4v) is 2.01. The Hall–Kier alpha value is -0.950. The van der Waals surface area contributed by atoms with E-state index in [1.165, 1.54) is 10.6 Å². The van der Waals surface area contributed by atoms with Crippen LogP contribution in [0.2, 0.25) is 0 Å². The van der Waals surface area contributed by atoms with E-state index in [1.807, 2.05) is 0 Å². The van der Waals surface area contributed by atoms with Gasteiger partial charge in [0, 0.05) is 10.7 Å². The molecule has 0 unspecified atom stereocenters. The molecular weight excluding hydrogens is 275 g/mol. The van der Waals surface area contributed by atoms with Crippen LogP contribution >= 0.6 is 15.9 Å². The maximum atomic E-state index is 12.7. The molecule has 0 aliphatic heterocycles. The van der Waals surface area contributed by atoms with Crippen LogP contribution in [0, 0.1) is 0 Å². The monoisotopic (exact) mass is 278 g/mol. The highest BCUT2D eigenvalue weighted by molar-refractivity contribution is 9.10. The van der Waals surface area contributed by atoms with Crippen LogP contribution in [0.1, 0.15) is 0 Å². The van der Waals surface area contributed by atoms with Crippen molar-refractivity contribution >= 4 is 31.8 Å². The van der Waals surface area contributed by atoms with Gasteiger partial charge in [0.2, 0.25) is 0 Å². The van der Waals surface area contributed by atoms with Gasteiger partial charge in [-0.3, -0.25) is 4.40 Å². The minimum absolute atomic E-state index is 0.379. The summed E-state index contributed by atoms with van der Waals surface area (Å²) in [6, 6.07) is 3.27. The lowest BCUT2D eigenvalue weighted by Gasteiger charge is -1.96. The minimum atomic E-state index is -4.72. The topological polar surface area (TPSA) is 51.4 Å². The first-order valence-electron chi connectivity index (χ1n) is 3.56. The van der Waals surface area contributed by atoms with E-state index in [0.717, 1.165) is 6.20 Å². The van der Waals surface area contributed by atoms with Crippen LogP contribution in [0.25, 0.3) is 5.65 Å². The first-order valence-corrected chi connectivity index (χ1v) is 5.73. The molecule has 0 bridgehead atoms. The van der Waals surface area contributed by atoms with Crippen LogP contribution in [0.4, 0.5) is 3.89 Å². The first-order chi connectivity index (χ1) is 6.48. The Balaban J connectivity index is 2.87. The Morgan fingerprint density at radius 2 is 2.14 bits per heavy atom. The van der Waals surface area contributed by atoms with Crippen molar-refractivity contribution in [3.63, 3.8) is 0 Å². The van der Waals surface area contributed by atoms with E-state index < -0.39 is 15.2 Å². The highest BCUT2D eigenvalue weighted by atomic mass is 79.9. The van der Waals surface area contributed by atoms with Crippen molar-refractivity contribution in [3.05, 3.63) is 29.0 Å². The van der Waals surface area contributed by atoms with Crippen molar-refractivity contribution in [2.45, 2.75) is 5.03 Å². The van der Waals surface area contributed by atoms with E-state index in [-0.39, 0.29) is 0 Å². The molecule has 2 aromatic heterocycles. The van der Waals surface area contributed by atoms with Crippen LogP contribution < -0.4 is 0 Å². The molecule has 0 radical (unpaired) electrons. The average molecular weight is 279 g/mol. The van der Waals surface area contributed by atoms with Crippen LogP contribution in [0.15, 0.2) is 34.0 Å². The maximum Gasteiger partial charge on any atom is 0.349 e. The Kier molecular flexibility index (Phi) is 2.07. The fraction of sp³-hybridized carbons (Fsp3) is 0. The fourth-order valence-electron chi connectivity index (χ4n) is 1.11. The Bertz CT molecular complexity index is 593. The number of halogens is 2. The predicted molar refractivity (Wildman–Crippen MR) is 51.2 cm³/mol. The molecule has 2 aromatic rings. The zero-order valence-electron chi connectivity index (χ0n) is 6.68. The third kappa shape index (κ3) is 1.53. The molecule has 2 rings (SSSR count). The van der Waals surface area contributed by atoms with Crippen molar-refractivity contribution in [3.8, 4) is 0 Å². The SMILES string of the molecule is O=S(=O)(F)c1cnc2ccc(Br)cn12. The van der Waals surface area contributed by atoms with Gasteiger partial charge in [-0.05, 0) is 28.1 Å². The molecule has 0 spiro atoms. The number of imidazole rings is 1. The molecule has 0 saturated heterocycles. The van der Waals surface area contributed by atoms with Gasteiger partial charge in [-0.25, -0.2) is 4.98 Å². The highest BCUT2D eigenvalue weighted by Crippen LogP contribution is 2.17. The van der Waals surface area contributed by atoms with Gasteiger partial charge in [-0.2, -0.15) is 8.42 Å². The summed E-state index contributed by atoms with van der Waals surface area (Å²) in [5.41, 5.74) is 0.379. The van der Waals surface area contributed by atoms with Crippen LogP contribution in [0.5, 0.6) is 0 Å². The standard InChI is InChI=1S/C7H4BrFN2O2S/c8-5-1-2-6-10-3-7(11(6)4-5)14(9,12)13/h1-4H. The third-order valence-electron chi connectivity index (χ3n) is 1.69. The molecule has 4 nitrogen and oxygen atoms in total.